The highest BCUT2D eigenvalue weighted by Crippen LogP contribution is 2.31. The Morgan fingerprint density at radius 3 is 2.71 bits per heavy atom. The second kappa shape index (κ2) is 6.32. The highest BCUT2D eigenvalue weighted by molar-refractivity contribution is 9.10. The standard InChI is InChI=1S/C15H12BrN3OS/c16-12-8-4-7-11(14(12)17)15-18-13(19-20-15)9-21-10-5-2-1-3-6-10/h1-8H,9,17H2. The van der Waals surface area contributed by atoms with E-state index in [4.69, 9.17) is 10.3 Å². The minimum absolute atomic E-state index is 0.442. The van der Waals surface area contributed by atoms with Gasteiger partial charge in [0.2, 0.25) is 0 Å². The molecule has 0 spiro atoms. The number of thioether (sulfide) groups is 1. The van der Waals surface area contributed by atoms with Crippen LogP contribution in [-0.4, -0.2) is 10.1 Å². The van der Waals surface area contributed by atoms with Crippen molar-refractivity contribution in [1.29, 1.82) is 0 Å². The van der Waals surface area contributed by atoms with Crippen LogP contribution in [0.3, 0.4) is 0 Å². The molecule has 0 radical (unpaired) electrons. The van der Waals surface area contributed by atoms with Gasteiger partial charge < -0.3 is 10.3 Å². The lowest BCUT2D eigenvalue weighted by atomic mass is 10.2. The van der Waals surface area contributed by atoms with Crippen molar-refractivity contribution < 1.29 is 4.52 Å². The SMILES string of the molecule is Nc1c(Br)cccc1-c1nc(CSc2ccccc2)no1. The quantitative estimate of drug-likeness (QED) is 0.551. The summed E-state index contributed by atoms with van der Waals surface area (Å²) in [7, 11) is 0. The Morgan fingerprint density at radius 2 is 1.90 bits per heavy atom. The van der Waals surface area contributed by atoms with E-state index in [1.165, 1.54) is 4.90 Å². The molecule has 1 heterocycles. The molecular weight excluding hydrogens is 350 g/mol. The molecule has 0 amide bonds. The maximum absolute atomic E-state index is 6.01. The molecule has 21 heavy (non-hydrogen) atoms. The van der Waals surface area contributed by atoms with Gasteiger partial charge in [0.05, 0.1) is 17.0 Å². The van der Waals surface area contributed by atoms with Crippen LogP contribution in [0.25, 0.3) is 11.5 Å². The molecule has 2 N–H and O–H groups in total. The number of rotatable bonds is 4. The van der Waals surface area contributed by atoms with E-state index in [1.54, 1.807) is 11.8 Å². The minimum Gasteiger partial charge on any atom is -0.397 e. The Hall–Kier alpha value is -1.79. The van der Waals surface area contributed by atoms with Crippen LogP contribution in [0.4, 0.5) is 5.69 Å². The molecule has 0 aliphatic rings. The third kappa shape index (κ3) is 3.28. The molecule has 0 unspecified atom stereocenters. The van der Waals surface area contributed by atoms with E-state index in [9.17, 15) is 0 Å². The Labute approximate surface area is 134 Å². The van der Waals surface area contributed by atoms with Gasteiger partial charge in [0.15, 0.2) is 5.82 Å². The van der Waals surface area contributed by atoms with Crippen LogP contribution < -0.4 is 5.73 Å². The van der Waals surface area contributed by atoms with E-state index in [-0.39, 0.29) is 0 Å². The molecule has 0 saturated heterocycles. The number of anilines is 1. The lowest BCUT2D eigenvalue weighted by Gasteiger charge is -2.01. The van der Waals surface area contributed by atoms with Crippen LogP contribution in [0.15, 0.2) is 62.4 Å². The van der Waals surface area contributed by atoms with Gasteiger partial charge >= 0.3 is 0 Å². The number of benzene rings is 2. The molecule has 0 atom stereocenters. The second-order valence-corrected chi connectivity index (χ2v) is 6.22. The van der Waals surface area contributed by atoms with Crippen molar-refractivity contribution >= 4 is 33.4 Å². The Bertz CT molecular complexity index is 746. The molecule has 6 heteroatoms. The van der Waals surface area contributed by atoms with Crippen molar-refractivity contribution in [2.24, 2.45) is 0 Å². The number of para-hydroxylation sites is 1. The zero-order valence-corrected chi connectivity index (χ0v) is 13.4. The average molecular weight is 362 g/mol. The van der Waals surface area contributed by atoms with Crippen LogP contribution in [0, 0.1) is 0 Å². The predicted octanol–water partition coefficient (Wildman–Crippen LogP) is 4.37. The maximum atomic E-state index is 6.01. The lowest BCUT2D eigenvalue weighted by Crippen LogP contribution is -1.91. The summed E-state index contributed by atoms with van der Waals surface area (Å²) in [6.07, 6.45) is 0. The van der Waals surface area contributed by atoms with Crippen molar-refractivity contribution in [2.75, 3.05) is 5.73 Å². The Balaban J connectivity index is 1.76. The third-order valence-electron chi connectivity index (χ3n) is 2.86. The first-order valence-electron chi connectivity index (χ1n) is 6.29. The maximum Gasteiger partial charge on any atom is 0.260 e. The zero-order chi connectivity index (χ0) is 14.7. The molecule has 0 fully saturated rings. The zero-order valence-electron chi connectivity index (χ0n) is 11.0. The summed E-state index contributed by atoms with van der Waals surface area (Å²) in [5, 5.41) is 4.00. The first-order valence-corrected chi connectivity index (χ1v) is 8.06. The summed E-state index contributed by atoms with van der Waals surface area (Å²) in [5.74, 6) is 1.75. The fraction of sp³-hybridized carbons (Fsp3) is 0.0667. The first-order chi connectivity index (χ1) is 10.2. The molecular formula is C15H12BrN3OS. The monoisotopic (exact) mass is 361 g/mol. The van der Waals surface area contributed by atoms with E-state index >= 15 is 0 Å². The normalized spacial score (nSPS) is 10.7. The fourth-order valence-electron chi connectivity index (χ4n) is 1.81. The number of nitrogens with zero attached hydrogens (tertiary/aromatic N) is 2. The molecule has 3 rings (SSSR count). The highest BCUT2D eigenvalue weighted by Gasteiger charge is 2.13. The molecule has 0 saturated carbocycles. The van der Waals surface area contributed by atoms with E-state index < -0.39 is 0 Å². The van der Waals surface area contributed by atoms with Crippen LogP contribution >= 0.6 is 27.7 Å². The van der Waals surface area contributed by atoms with Gasteiger partial charge in [-0.2, -0.15) is 4.98 Å². The van der Waals surface area contributed by atoms with Gasteiger partial charge in [-0.15, -0.1) is 11.8 Å². The second-order valence-electron chi connectivity index (χ2n) is 4.32. The van der Waals surface area contributed by atoms with Crippen molar-refractivity contribution in [3.63, 3.8) is 0 Å². The Morgan fingerprint density at radius 1 is 1.10 bits per heavy atom. The molecule has 106 valence electrons. The number of nitrogens with two attached hydrogens (primary N) is 1. The molecule has 4 nitrogen and oxygen atoms in total. The van der Waals surface area contributed by atoms with Crippen LogP contribution in [0.5, 0.6) is 0 Å². The molecule has 2 aromatic carbocycles. The molecule has 1 aromatic heterocycles. The van der Waals surface area contributed by atoms with Crippen LogP contribution in [-0.2, 0) is 5.75 Å². The largest absolute Gasteiger partial charge is 0.397 e. The number of hydrogen-bond donors (Lipinski definition) is 1. The topological polar surface area (TPSA) is 64.9 Å². The van der Waals surface area contributed by atoms with Crippen LogP contribution in [0.2, 0.25) is 0 Å². The van der Waals surface area contributed by atoms with Gasteiger partial charge in [0.1, 0.15) is 0 Å². The van der Waals surface area contributed by atoms with E-state index in [0.717, 1.165) is 10.0 Å². The van der Waals surface area contributed by atoms with E-state index in [1.807, 2.05) is 36.4 Å². The van der Waals surface area contributed by atoms with Gasteiger partial charge in [-0.1, -0.05) is 29.4 Å². The van der Waals surface area contributed by atoms with Gasteiger partial charge in [0.25, 0.3) is 5.89 Å². The number of hydrogen-bond acceptors (Lipinski definition) is 5. The van der Waals surface area contributed by atoms with Gasteiger partial charge in [-0.25, -0.2) is 0 Å². The van der Waals surface area contributed by atoms with Crippen molar-refractivity contribution in [2.45, 2.75) is 10.6 Å². The van der Waals surface area contributed by atoms with Crippen molar-refractivity contribution in [3.8, 4) is 11.5 Å². The minimum atomic E-state index is 0.442. The number of aromatic nitrogens is 2. The summed E-state index contributed by atoms with van der Waals surface area (Å²) < 4.78 is 6.12. The van der Waals surface area contributed by atoms with Crippen LogP contribution in [0.1, 0.15) is 5.82 Å². The summed E-state index contributed by atoms with van der Waals surface area (Å²) in [5.41, 5.74) is 7.35. The Kier molecular flexibility index (Phi) is 4.26. The summed E-state index contributed by atoms with van der Waals surface area (Å²) in [4.78, 5) is 5.57. The van der Waals surface area contributed by atoms with E-state index in [2.05, 4.69) is 38.2 Å². The van der Waals surface area contributed by atoms with Gasteiger partial charge in [-0.05, 0) is 40.2 Å². The molecule has 3 aromatic rings. The predicted molar refractivity (Wildman–Crippen MR) is 87.8 cm³/mol. The number of halogens is 1. The summed E-state index contributed by atoms with van der Waals surface area (Å²) in [6, 6.07) is 15.7. The average Bonchev–Trinajstić information content (AvgIpc) is 2.98. The fourth-order valence-corrected chi connectivity index (χ4v) is 2.94. The third-order valence-corrected chi connectivity index (χ3v) is 4.56. The smallest absolute Gasteiger partial charge is 0.260 e. The van der Waals surface area contributed by atoms with E-state index in [0.29, 0.717) is 23.2 Å². The van der Waals surface area contributed by atoms with Crippen molar-refractivity contribution in [3.05, 3.63) is 58.8 Å². The molecule has 0 aliphatic heterocycles. The molecule has 0 bridgehead atoms. The van der Waals surface area contributed by atoms with Gasteiger partial charge in [-0.3, -0.25) is 0 Å². The lowest BCUT2D eigenvalue weighted by molar-refractivity contribution is 0.425. The highest BCUT2D eigenvalue weighted by atomic mass is 79.9. The summed E-state index contributed by atoms with van der Waals surface area (Å²) in [6.45, 7) is 0. The first kappa shape index (κ1) is 14.2. The number of nitrogen functional groups attached to an aromatic ring is 1. The van der Waals surface area contributed by atoms with Gasteiger partial charge in [0, 0.05) is 9.37 Å². The summed E-state index contributed by atoms with van der Waals surface area (Å²) >= 11 is 5.06. The van der Waals surface area contributed by atoms with Crippen molar-refractivity contribution in [1.82, 2.24) is 10.1 Å². The molecule has 0 aliphatic carbocycles.